The number of rotatable bonds is 4. The Hall–Kier alpha value is -2.85. The molecule has 0 aromatic heterocycles. The maximum Gasteiger partial charge on any atom is 0.284 e. The molecule has 0 aliphatic carbocycles. The van der Waals surface area contributed by atoms with Crippen LogP contribution in [0.3, 0.4) is 0 Å². The smallest absolute Gasteiger partial charge is 0.284 e. The Morgan fingerprint density at radius 3 is 2.48 bits per heavy atom. The number of hydrogen-bond donors (Lipinski definition) is 2. The minimum atomic E-state index is -1.03. The molecule has 1 heterocycles. The number of likely N-dealkylation sites (tertiary alicyclic amines) is 1. The van der Waals surface area contributed by atoms with E-state index in [1.165, 1.54) is 11.8 Å². The maximum absolute atomic E-state index is 12.4. The number of nitro benzene ring substituents is 1. The van der Waals surface area contributed by atoms with Gasteiger partial charge >= 0.3 is 0 Å². The Labute approximate surface area is 142 Å². The first kappa shape index (κ1) is 18.5. The number of nitro groups is 1. The number of nitrogens with zero attached hydrogens (tertiary/aromatic N) is 3. The summed E-state index contributed by atoms with van der Waals surface area (Å²) < 4.78 is 0. The zero-order chi connectivity index (χ0) is 18.7. The minimum absolute atomic E-state index is 0.0569. The summed E-state index contributed by atoms with van der Waals surface area (Å²) in [6.07, 6.45) is 0.857. The van der Waals surface area contributed by atoms with E-state index in [0.717, 1.165) is 24.3 Å². The van der Waals surface area contributed by atoms with Crippen molar-refractivity contribution in [2.75, 3.05) is 6.54 Å². The van der Waals surface area contributed by atoms with Gasteiger partial charge in [-0.15, -0.1) is 0 Å². The van der Waals surface area contributed by atoms with E-state index in [-0.39, 0.29) is 16.3 Å². The first-order valence-corrected chi connectivity index (χ1v) is 7.61. The highest BCUT2D eigenvalue weighted by Crippen LogP contribution is 2.21. The molecule has 1 aliphatic heterocycles. The lowest BCUT2D eigenvalue weighted by Gasteiger charge is -2.27. The van der Waals surface area contributed by atoms with Gasteiger partial charge in [-0.2, -0.15) is 5.06 Å². The molecule has 3 amide bonds. The average Bonchev–Trinajstić information content (AvgIpc) is 3.08. The largest absolute Gasteiger partial charge is 0.329 e. The number of carbonyl (C=O) groups excluding carboxylic acids is 3. The zero-order valence-electron chi connectivity index (χ0n) is 13.5. The molecule has 10 nitrogen and oxygen atoms in total. The van der Waals surface area contributed by atoms with Crippen LogP contribution in [0, 0.1) is 10.1 Å². The number of hydrogen-bond acceptors (Lipinski definition) is 7. The summed E-state index contributed by atoms with van der Waals surface area (Å²) in [6.45, 7) is 1.80. The van der Waals surface area contributed by atoms with E-state index in [4.69, 9.17) is 5.73 Å². The van der Waals surface area contributed by atoms with E-state index in [9.17, 15) is 29.7 Å². The molecule has 25 heavy (non-hydrogen) atoms. The predicted octanol–water partition coefficient (Wildman–Crippen LogP) is 0.291. The van der Waals surface area contributed by atoms with Crippen molar-refractivity contribution in [2.24, 2.45) is 5.73 Å². The Morgan fingerprint density at radius 1 is 1.36 bits per heavy atom. The molecule has 2 atom stereocenters. The van der Waals surface area contributed by atoms with Crippen LogP contribution in [0.2, 0.25) is 0 Å². The van der Waals surface area contributed by atoms with Crippen molar-refractivity contribution >= 4 is 23.4 Å². The number of hydroxylamine groups is 2. The molecule has 0 saturated carbocycles. The highest BCUT2D eigenvalue weighted by molar-refractivity contribution is 6.05. The Balaban J connectivity index is 2.14. The van der Waals surface area contributed by atoms with E-state index in [1.54, 1.807) is 0 Å². The first-order chi connectivity index (χ1) is 11.7. The van der Waals surface area contributed by atoms with Gasteiger partial charge in [0.2, 0.25) is 5.91 Å². The molecule has 1 aromatic rings. The Kier molecular flexibility index (Phi) is 5.45. The molecule has 2 rings (SSSR count). The second kappa shape index (κ2) is 7.36. The molecule has 0 unspecified atom stereocenters. The van der Waals surface area contributed by atoms with Crippen LogP contribution >= 0.6 is 0 Å². The standard InChI is InChI=1S/C15H18N4O6/c1-9(16)13(20)17-8-2-3-12(17)15(22)18(23)14(21)10-4-6-11(7-5-10)19(24)25/h4-7,9,12,23H,2-3,8,16H2,1H3/t9-,12-/m0/s1. The van der Waals surface area contributed by atoms with Gasteiger partial charge in [0, 0.05) is 24.2 Å². The summed E-state index contributed by atoms with van der Waals surface area (Å²) in [5.41, 5.74) is 5.22. The second-order valence-corrected chi connectivity index (χ2v) is 5.74. The van der Waals surface area contributed by atoms with Crippen molar-refractivity contribution < 1.29 is 24.5 Å². The van der Waals surface area contributed by atoms with E-state index in [1.807, 2.05) is 0 Å². The summed E-state index contributed by atoms with van der Waals surface area (Å²) in [6, 6.07) is 2.68. The van der Waals surface area contributed by atoms with E-state index in [2.05, 4.69) is 0 Å². The van der Waals surface area contributed by atoms with Crippen molar-refractivity contribution in [2.45, 2.75) is 31.8 Å². The summed E-state index contributed by atoms with van der Waals surface area (Å²) in [5.74, 6) is -2.40. The number of amides is 3. The molecule has 1 saturated heterocycles. The molecule has 134 valence electrons. The van der Waals surface area contributed by atoms with Gasteiger partial charge in [-0.25, -0.2) is 0 Å². The fraction of sp³-hybridized carbons (Fsp3) is 0.400. The predicted molar refractivity (Wildman–Crippen MR) is 84.4 cm³/mol. The van der Waals surface area contributed by atoms with Gasteiger partial charge in [-0.3, -0.25) is 29.7 Å². The lowest BCUT2D eigenvalue weighted by molar-refractivity contribution is -0.384. The van der Waals surface area contributed by atoms with E-state index < -0.39 is 34.7 Å². The summed E-state index contributed by atoms with van der Waals surface area (Å²) in [4.78, 5) is 47.8. The molecule has 0 bridgehead atoms. The van der Waals surface area contributed by atoms with Crippen LogP contribution in [0.4, 0.5) is 5.69 Å². The van der Waals surface area contributed by atoms with Gasteiger partial charge in [0.25, 0.3) is 17.5 Å². The summed E-state index contributed by atoms with van der Waals surface area (Å²) in [7, 11) is 0. The molecule has 1 aromatic carbocycles. The topological polar surface area (TPSA) is 147 Å². The number of non-ortho nitro benzene ring substituents is 1. The van der Waals surface area contributed by atoms with Crippen molar-refractivity contribution in [1.82, 2.24) is 9.96 Å². The maximum atomic E-state index is 12.4. The van der Waals surface area contributed by atoms with Crippen LogP contribution in [0.5, 0.6) is 0 Å². The molecule has 10 heteroatoms. The second-order valence-electron chi connectivity index (χ2n) is 5.74. The molecule has 0 radical (unpaired) electrons. The van der Waals surface area contributed by atoms with Crippen LogP contribution in [0.25, 0.3) is 0 Å². The fourth-order valence-corrected chi connectivity index (χ4v) is 2.64. The van der Waals surface area contributed by atoms with Crippen LogP contribution in [-0.4, -0.2) is 56.4 Å². The van der Waals surface area contributed by atoms with Crippen molar-refractivity contribution in [1.29, 1.82) is 0 Å². The highest BCUT2D eigenvalue weighted by atomic mass is 16.6. The van der Waals surface area contributed by atoms with Crippen LogP contribution < -0.4 is 5.73 Å². The van der Waals surface area contributed by atoms with Gasteiger partial charge in [-0.1, -0.05) is 0 Å². The van der Waals surface area contributed by atoms with Gasteiger partial charge < -0.3 is 10.6 Å². The zero-order valence-corrected chi connectivity index (χ0v) is 13.5. The quantitative estimate of drug-likeness (QED) is 0.343. The number of benzene rings is 1. The van der Waals surface area contributed by atoms with Gasteiger partial charge in [0.1, 0.15) is 6.04 Å². The molecule has 1 fully saturated rings. The lowest BCUT2D eigenvalue weighted by atomic mass is 10.1. The van der Waals surface area contributed by atoms with Crippen LogP contribution in [-0.2, 0) is 9.59 Å². The molecular weight excluding hydrogens is 332 g/mol. The van der Waals surface area contributed by atoms with Crippen LogP contribution in [0.15, 0.2) is 24.3 Å². The Bertz CT molecular complexity index is 702. The van der Waals surface area contributed by atoms with E-state index in [0.29, 0.717) is 19.4 Å². The van der Waals surface area contributed by atoms with Crippen molar-refractivity contribution in [3.63, 3.8) is 0 Å². The number of imide groups is 1. The average molecular weight is 350 g/mol. The van der Waals surface area contributed by atoms with Gasteiger partial charge in [0.15, 0.2) is 0 Å². The normalized spacial score (nSPS) is 17.9. The minimum Gasteiger partial charge on any atom is -0.329 e. The molecular formula is C15H18N4O6. The Morgan fingerprint density at radius 2 is 1.96 bits per heavy atom. The number of nitrogens with two attached hydrogens (primary N) is 1. The van der Waals surface area contributed by atoms with E-state index >= 15 is 0 Å². The summed E-state index contributed by atoms with van der Waals surface area (Å²) >= 11 is 0. The monoisotopic (exact) mass is 350 g/mol. The highest BCUT2D eigenvalue weighted by Gasteiger charge is 2.39. The summed E-state index contributed by atoms with van der Waals surface area (Å²) in [5, 5.41) is 20.5. The molecule has 3 N–H and O–H groups in total. The third-order valence-electron chi connectivity index (χ3n) is 3.94. The molecule has 0 spiro atoms. The third kappa shape index (κ3) is 3.80. The first-order valence-electron chi connectivity index (χ1n) is 7.61. The molecule has 1 aliphatic rings. The van der Waals surface area contributed by atoms with Crippen molar-refractivity contribution in [3.05, 3.63) is 39.9 Å². The van der Waals surface area contributed by atoms with Crippen molar-refractivity contribution in [3.8, 4) is 0 Å². The lowest BCUT2D eigenvalue weighted by Crippen LogP contribution is -2.52. The third-order valence-corrected chi connectivity index (χ3v) is 3.94. The SMILES string of the molecule is C[C@H](N)C(=O)N1CCC[C@H]1C(=O)N(O)C(=O)c1ccc([N+](=O)[O-])cc1. The fourth-order valence-electron chi connectivity index (χ4n) is 2.64. The van der Waals surface area contributed by atoms with Gasteiger partial charge in [0.05, 0.1) is 11.0 Å². The number of carbonyl (C=O) groups is 3. The van der Waals surface area contributed by atoms with Gasteiger partial charge in [-0.05, 0) is 31.9 Å². The van der Waals surface area contributed by atoms with Crippen LogP contribution in [0.1, 0.15) is 30.1 Å².